The summed E-state index contributed by atoms with van der Waals surface area (Å²) in [6.45, 7) is 11.5. The van der Waals surface area contributed by atoms with Gasteiger partial charge in [-0.25, -0.2) is 14.6 Å². The van der Waals surface area contributed by atoms with E-state index in [1.54, 1.807) is 0 Å². The highest BCUT2D eigenvalue weighted by Crippen LogP contribution is 2.34. The van der Waals surface area contributed by atoms with E-state index < -0.39 is 0 Å². The molecule has 192 valence electrons. The second-order valence-electron chi connectivity index (χ2n) is 10.6. The Hall–Kier alpha value is -2.59. The minimum atomic E-state index is -0.209. The number of aromatic nitrogens is 4. The molecule has 0 bridgehead atoms. The summed E-state index contributed by atoms with van der Waals surface area (Å²) < 4.78 is 13.1. The zero-order chi connectivity index (χ0) is 24.8. The Morgan fingerprint density at radius 1 is 1.03 bits per heavy atom. The van der Waals surface area contributed by atoms with Gasteiger partial charge in [-0.15, -0.1) is 0 Å². The van der Waals surface area contributed by atoms with Crippen LogP contribution in [-0.4, -0.2) is 94.0 Å². The van der Waals surface area contributed by atoms with Gasteiger partial charge in [-0.05, 0) is 75.9 Å². The molecule has 2 unspecified atom stereocenters. The zero-order valence-electron chi connectivity index (χ0n) is 21.4. The zero-order valence-corrected chi connectivity index (χ0v) is 21.4. The van der Waals surface area contributed by atoms with Gasteiger partial charge >= 0.3 is 0 Å². The van der Waals surface area contributed by atoms with Crippen LogP contribution in [0, 0.1) is 13.8 Å². The Morgan fingerprint density at radius 2 is 1.81 bits per heavy atom. The highest BCUT2D eigenvalue weighted by molar-refractivity contribution is 5.82. The van der Waals surface area contributed by atoms with E-state index in [0.717, 1.165) is 48.8 Å². The number of morpholine rings is 1. The normalized spacial score (nSPS) is 24.4. The van der Waals surface area contributed by atoms with E-state index >= 15 is 0 Å². The van der Waals surface area contributed by atoms with Crippen molar-refractivity contribution in [2.45, 2.75) is 57.7 Å². The van der Waals surface area contributed by atoms with Gasteiger partial charge in [0.25, 0.3) is 0 Å². The van der Waals surface area contributed by atoms with Crippen LogP contribution in [-0.2, 0) is 9.47 Å². The lowest BCUT2D eigenvalue weighted by Crippen LogP contribution is -2.51. The van der Waals surface area contributed by atoms with Gasteiger partial charge < -0.3 is 19.5 Å². The Bertz CT molecular complexity index is 1230. The summed E-state index contributed by atoms with van der Waals surface area (Å²) in [6.07, 6.45) is 4.07. The predicted octanol–water partition coefficient (Wildman–Crippen LogP) is 2.60. The van der Waals surface area contributed by atoms with Crippen LogP contribution < -0.4 is 4.90 Å². The average Bonchev–Trinajstić information content (AvgIpc) is 3.25. The number of hydrogen-bond donors (Lipinski definition) is 1. The fourth-order valence-corrected chi connectivity index (χ4v) is 5.88. The van der Waals surface area contributed by atoms with E-state index in [2.05, 4.69) is 35.8 Å². The van der Waals surface area contributed by atoms with Crippen molar-refractivity contribution in [2.24, 2.45) is 0 Å². The Balaban J connectivity index is 1.31. The Labute approximate surface area is 212 Å². The standard InChI is InChI=1S/C27H36N6O3/c1-17-8-21-11-28-33(25(21)9-24(17)20-4-6-31(7-5-20)22-15-35-16-22)27-10-26(29-19(3)30-27)32-12-23(13-34)36-14-18(32)2/h8-11,18,20,22-23,34H,4-7,12-16H2,1-3H3. The first kappa shape index (κ1) is 23.8. The van der Waals surface area contributed by atoms with Gasteiger partial charge in [0.15, 0.2) is 5.82 Å². The number of aliphatic hydroxyl groups excluding tert-OH is 1. The van der Waals surface area contributed by atoms with Crippen LogP contribution >= 0.6 is 0 Å². The molecule has 9 heteroatoms. The second kappa shape index (κ2) is 9.70. The smallest absolute Gasteiger partial charge is 0.159 e. The van der Waals surface area contributed by atoms with E-state index in [1.807, 2.05) is 23.9 Å². The number of rotatable bonds is 5. The summed E-state index contributed by atoms with van der Waals surface area (Å²) in [5.74, 6) is 2.86. The quantitative estimate of drug-likeness (QED) is 0.582. The minimum absolute atomic E-state index is 0.000570. The molecule has 2 atom stereocenters. The summed E-state index contributed by atoms with van der Waals surface area (Å²) in [6, 6.07) is 7.39. The van der Waals surface area contributed by atoms with Gasteiger partial charge in [0.05, 0.1) is 56.3 Å². The monoisotopic (exact) mass is 492 g/mol. The van der Waals surface area contributed by atoms with Crippen LogP contribution in [0.1, 0.15) is 42.6 Å². The summed E-state index contributed by atoms with van der Waals surface area (Å²) >= 11 is 0. The van der Waals surface area contributed by atoms with Gasteiger partial charge in [0, 0.05) is 18.0 Å². The van der Waals surface area contributed by atoms with Gasteiger partial charge in [-0.1, -0.05) is 0 Å². The van der Waals surface area contributed by atoms with Crippen LogP contribution in [0.2, 0.25) is 0 Å². The van der Waals surface area contributed by atoms with Crippen LogP contribution in [0.3, 0.4) is 0 Å². The van der Waals surface area contributed by atoms with E-state index in [-0.39, 0.29) is 18.8 Å². The number of hydrogen-bond acceptors (Lipinski definition) is 8. The maximum atomic E-state index is 9.63. The molecule has 3 aliphatic heterocycles. The van der Waals surface area contributed by atoms with Gasteiger partial charge in [0.1, 0.15) is 11.6 Å². The first-order valence-electron chi connectivity index (χ1n) is 13.2. The molecule has 1 N–H and O–H groups in total. The van der Waals surface area contributed by atoms with Gasteiger partial charge in [0.2, 0.25) is 0 Å². The average molecular weight is 493 g/mol. The van der Waals surface area contributed by atoms with E-state index in [0.29, 0.717) is 30.9 Å². The Kier molecular flexibility index (Phi) is 6.41. The lowest BCUT2D eigenvalue weighted by atomic mass is 9.85. The van der Waals surface area contributed by atoms with Crippen molar-refractivity contribution in [3.8, 4) is 5.82 Å². The number of ether oxygens (including phenoxy) is 2. The highest BCUT2D eigenvalue weighted by Gasteiger charge is 2.31. The predicted molar refractivity (Wildman–Crippen MR) is 138 cm³/mol. The summed E-state index contributed by atoms with van der Waals surface area (Å²) in [7, 11) is 0. The summed E-state index contributed by atoms with van der Waals surface area (Å²) in [5.41, 5.74) is 3.84. The maximum absolute atomic E-state index is 9.63. The van der Waals surface area contributed by atoms with Crippen LogP contribution in [0.15, 0.2) is 24.4 Å². The van der Waals surface area contributed by atoms with E-state index in [9.17, 15) is 5.11 Å². The molecular formula is C27H36N6O3. The van der Waals surface area contributed by atoms with Crippen molar-refractivity contribution in [3.63, 3.8) is 0 Å². The van der Waals surface area contributed by atoms with Crippen molar-refractivity contribution < 1.29 is 14.6 Å². The molecule has 9 nitrogen and oxygen atoms in total. The molecule has 3 saturated heterocycles. The number of benzene rings is 1. The van der Waals surface area contributed by atoms with Crippen molar-refractivity contribution in [2.75, 3.05) is 51.0 Å². The Morgan fingerprint density at radius 3 is 2.53 bits per heavy atom. The molecule has 36 heavy (non-hydrogen) atoms. The fraction of sp³-hybridized carbons (Fsp3) is 0.593. The number of aliphatic hydroxyl groups is 1. The molecule has 0 radical (unpaired) electrons. The molecule has 3 aliphatic rings. The van der Waals surface area contributed by atoms with Crippen LogP contribution in [0.25, 0.3) is 16.7 Å². The van der Waals surface area contributed by atoms with Crippen molar-refractivity contribution in [1.82, 2.24) is 24.6 Å². The molecule has 2 aromatic heterocycles. The lowest BCUT2D eigenvalue weighted by molar-refractivity contribution is -0.0712. The maximum Gasteiger partial charge on any atom is 0.159 e. The number of piperidine rings is 1. The molecule has 5 heterocycles. The molecule has 1 aromatic carbocycles. The summed E-state index contributed by atoms with van der Waals surface area (Å²) in [4.78, 5) is 14.3. The number of aryl methyl sites for hydroxylation is 2. The lowest BCUT2D eigenvalue weighted by Gasteiger charge is -2.41. The molecular weight excluding hydrogens is 456 g/mol. The molecule has 0 amide bonds. The first-order valence-corrected chi connectivity index (χ1v) is 13.2. The van der Waals surface area contributed by atoms with E-state index in [1.165, 1.54) is 24.0 Å². The van der Waals surface area contributed by atoms with Crippen molar-refractivity contribution >= 4 is 16.7 Å². The molecule has 3 aromatic rings. The minimum Gasteiger partial charge on any atom is -0.394 e. The highest BCUT2D eigenvalue weighted by atomic mass is 16.5. The number of anilines is 1. The fourth-order valence-electron chi connectivity index (χ4n) is 5.88. The number of likely N-dealkylation sites (tertiary alicyclic amines) is 1. The third-order valence-electron chi connectivity index (χ3n) is 8.09. The summed E-state index contributed by atoms with van der Waals surface area (Å²) in [5, 5.41) is 15.5. The van der Waals surface area contributed by atoms with E-state index in [4.69, 9.17) is 24.5 Å². The van der Waals surface area contributed by atoms with Crippen molar-refractivity contribution in [3.05, 3.63) is 41.3 Å². The molecule has 0 spiro atoms. The first-order chi connectivity index (χ1) is 17.5. The molecule has 0 saturated carbocycles. The number of nitrogens with zero attached hydrogens (tertiary/aromatic N) is 6. The topological polar surface area (TPSA) is 88.8 Å². The number of fused-ring (bicyclic) bond motifs is 1. The second-order valence-corrected chi connectivity index (χ2v) is 10.6. The molecule has 6 rings (SSSR count). The van der Waals surface area contributed by atoms with Crippen LogP contribution in [0.4, 0.5) is 5.82 Å². The van der Waals surface area contributed by atoms with Crippen molar-refractivity contribution in [1.29, 1.82) is 0 Å². The van der Waals surface area contributed by atoms with Gasteiger partial charge in [-0.3, -0.25) is 4.90 Å². The molecule has 3 fully saturated rings. The third-order valence-corrected chi connectivity index (χ3v) is 8.09. The SMILES string of the molecule is Cc1nc(N2CC(CO)OCC2C)cc(-n2ncc3cc(C)c(C4CCN(C5COC5)CC4)cc32)n1. The largest absolute Gasteiger partial charge is 0.394 e. The molecule has 0 aliphatic carbocycles. The van der Waals surface area contributed by atoms with Gasteiger partial charge in [-0.2, -0.15) is 5.10 Å². The van der Waals surface area contributed by atoms with Crippen LogP contribution in [0.5, 0.6) is 0 Å². The third kappa shape index (κ3) is 4.38.